The van der Waals surface area contributed by atoms with Gasteiger partial charge in [-0.1, -0.05) is 48.5 Å². The van der Waals surface area contributed by atoms with Crippen LogP contribution in [-0.2, 0) is 19.1 Å². The van der Waals surface area contributed by atoms with E-state index in [9.17, 15) is 19.2 Å². The molecule has 1 aliphatic carbocycles. The normalized spacial score (nSPS) is 19.7. The summed E-state index contributed by atoms with van der Waals surface area (Å²) in [5.74, 6) is -3.33. The Hall–Kier alpha value is -3.88. The number of carbonyl (C=O) groups is 4. The van der Waals surface area contributed by atoms with Gasteiger partial charge in [0.05, 0.1) is 0 Å². The van der Waals surface area contributed by atoms with E-state index >= 15 is 0 Å². The smallest absolute Gasteiger partial charge is 0.407 e. The molecule has 9 heteroatoms. The summed E-state index contributed by atoms with van der Waals surface area (Å²) in [6, 6.07) is 14.3. The molecule has 4 N–H and O–H groups in total. The molecule has 33 heavy (non-hydrogen) atoms. The molecule has 1 fully saturated rings. The number of rotatable bonds is 7. The molecule has 3 unspecified atom stereocenters. The van der Waals surface area contributed by atoms with Crippen LogP contribution in [0.3, 0.4) is 0 Å². The number of alkyl carbamates (subject to hydrolysis) is 1. The standard InChI is InChI=1S/C24H25N3O6/c1-13(10-20(28)27-21-18(23(30)31)11-25-22(21)29)26-24(32)33-12-19-16-8-4-2-6-14(16)15-7-3-5-9-17(15)19/h2-9,13,18-19,21H,10-12H2,1H3,(H,25,29)(H,26,32)(H,27,28)(H,30,31). The van der Waals surface area contributed by atoms with Gasteiger partial charge >= 0.3 is 12.1 Å². The molecular formula is C24H25N3O6. The lowest BCUT2D eigenvalue weighted by atomic mass is 9.98. The second kappa shape index (κ2) is 9.32. The van der Waals surface area contributed by atoms with Gasteiger partial charge in [0.15, 0.2) is 0 Å². The third-order valence-electron chi connectivity index (χ3n) is 6.01. The maximum Gasteiger partial charge on any atom is 0.407 e. The summed E-state index contributed by atoms with van der Waals surface area (Å²) < 4.78 is 5.47. The number of fused-ring (bicyclic) bond motifs is 3. The predicted molar refractivity (Wildman–Crippen MR) is 118 cm³/mol. The zero-order chi connectivity index (χ0) is 23.5. The molecule has 0 aromatic heterocycles. The predicted octanol–water partition coefficient (Wildman–Crippen LogP) is 1.62. The molecular weight excluding hydrogens is 426 g/mol. The topological polar surface area (TPSA) is 134 Å². The summed E-state index contributed by atoms with van der Waals surface area (Å²) in [5.41, 5.74) is 4.45. The second-order valence-electron chi connectivity index (χ2n) is 8.31. The number of benzene rings is 2. The van der Waals surface area contributed by atoms with Crippen LogP contribution in [0.15, 0.2) is 48.5 Å². The van der Waals surface area contributed by atoms with Crippen molar-refractivity contribution in [3.63, 3.8) is 0 Å². The average Bonchev–Trinajstić information content (AvgIpc) is 3.30. The molecule has 3 amide bonds. The Morgan fingerprint density at radius 3 is 2.30 bits per heavy atom. The fourth-order valence-corrected chi connectivity index (χ4v) is 4.42. The number of amides is 3. The van der Waals surface area contributed by atoms with Crippen LogP contribution in [0.5, 0.6) is 0 Å². The average molecular weight is 451 g/mol. The van der Waals surface area contributed by atoms with Gasteiger partial charge in [-0.15, -0.1) is 0 Å². The van der Waals surface area contributed by atoms with Gasteiger partial charge in [0.25, 0.3) is 0 Å². The van der Waals surface area contributed by atoms with Gasteiger partial charge in [-0.05, 0) is 29.2 Å². The van der Waals surface area contributed by atoms with Gasteiger partial charge in [0.1, 0.15) is 18.6 Å². The molecule has 4 rings (SSSR count). The molecule has 2 aromatic carbocycles. The van der Waals surface area contributed by atoms with E-state index in [-0.39, 0.29) is 25.5 Å². The second-order valence-corrected chi connectivity index (χ2v) is 8.31. The summed E-state index contributed by atoms with van der Waals surface area (Å²) in [6.07, 6.45) is -0.778. The number of carboxylic acids is 1. The van der Waals surface area contributed by atoms with Gasteiger partial charge in [0, 0.05) is 24.9 Å². The maximum absolute atomic E-state index is 12.3. The fraction of sp³-hybridized carbons (Fsp3) is 0.333. The van der Waals surface area contributed by atoms with Crippen molar-refractivity contribution in [3.8, 4) is 11.1 Å². The zero-order valence-electron chi connectivity index (χ0n) is 18.0. The van der Waals surface area contributed by atoms with Crippen LogP contribution in [0.2, 0.25) is 0 Å². The zero-order valence-corrected chi connectivity index (χ0v) is 18.0. The van der Waals surface area contributed by atoms with E-state index in [1.165, 1.54) is 0 Å². The van der Waals surface area contributed by atoms with Crippen LogP contribution in [0.4, 0.5) is 4.79 Å². The van der Waals surface area contributed by atoms with Crippen molar-refractivity contribution in [2.45, 2.75) is 31.3 Å². The molecule has 1 heterocycles. The Labute approximate surface area is 190 Å². The summed E-state index contributed by atoms with van der Waals surface area (Å²) >= 11 is 0. The molecule has 3 atom stereocenters. The molecule has 0 saturated carbocycles. The van der Waals surface area contributed by atoms with Crippen molar-refractivity contribution >= 4 is 23.9 Å². The first-order valence-electron chi connectivity index (χ1n) is 10.8. The Morgan fingerprint density at radius 2 is 1.70 bits per heavy atom. The monoisotopic (exact) mass is 451 g/mol. The highest BCUT2D eigenvalue weighted by atomic mass is 16.5. The summed E-state index contributed by atoms with van der Waals surface area (Å²) in [5, 5.41) is 16.6. The van der Waals surface area contributed by atoms with E-state index in [0.29, 0.717) is 0 Å². The summed E-state index contributed by atoms with van der Waals surface area (Å²) in [4.78, 5) is 47.6. The van der Waals surface area contributed by atoms with Gasteiger partial charge in [-0.2, -0.15) is 0 Å². The third kappa shape index (κ3) is 4.67. The molecule has 2 aromatic rings. The number of aliphatic carboxylic acids is 1. The number of carboxylic acid groups (broad SMARTS) is 1. The fourth-order valence-electron chi connectivity index (χ4n) is 4.42. The lowest BCUT2D eigenvalue weighted by Gasteiger charge is -2.19. The minimum atomic E-state index is -1.16. The van der Waals surface area contributed by atoms with Crippen molar-refractivity contribution in [2.24, 2.45) is 5.92 Å². The molecule has 2 aliphatic rings. The van der Waals surface area contributed by atoms with Crippen molar-refractivity contribution < 1.29 is 29.0 Å². The third-order valence-corrected chi connectivity index (χ3v) is 6.01. The maximum atomic E-state index is 12.3. The van der Waals surface area contributed by atoms with Gasteiger partial charge in [-0.25, -0.2) is 4.79 Å². The number of nitrogens with one attached hydrogen (secondary N) is 3. The van der Waals surface area contributed by atoms with E-state index < -0.39 is 41.9 Å². The molecule has 0 radical (unpaired) electrons. The van der Waals surface area contributed by atoms with E-state index in [1.54, 1.807) is 6.92 Å². The lowest BCUT2D eigenvalue weighted by molar-refractivity contribution is -0.143. The van der Waals surface area contributed by atoms with Crippen molar-refractivity contribution in [1.29, 1.82) is 0 Å². The Balaban J connectivity index is 1.29. The first-order chi connectivity index (χ1) is 15.8. The largest absolute Gasteiger partial charge is 0.481 e. The minimum absolute atomic E-state index is 0.0351. The van der Waals surface area contributed by atoms with Crippen LogP contribution in [0, 0.1) is 5.92 Å². The summed E-state index contributed by atoms with van der Waals surface area (Å²) in [6.45, 7) is 1.75. The van der Waals surface area contributed by atoms with E-state index in [4.69, 9.17) is 9.84 Å². The van der Waals surface area contributed by atoms with Crippen molar-refractivity contribution in [1.82, 2.24) is 16.0 Å². The van der Waals surface area contributed by atoms with Crippen molar-refractivity contribution in [2.75, 3.05) is 13.2 Å². The van der Waals surface area contributed by atoms with Crippen LogP contribution in [0.25, 0.3) is 11.1 Å². The minimum Gasteiger partial charge on any atom is -0.481 e. The van der Waals surface area contributed by atoms with Crippen molar-refractivity contribution in [3.05, 3.63) is 59.7 Å². The van der Waals surface area contributed by atoms with Crippen LogP contribution in [-0.4, -0.2) is 54.2 Å². The lowest BCUT2D eigenvalue weighted by Crippen LogP contribution is -2.47. The Morgan fingerprint density at radius 1 is 1.09 bits per heavy atom. The molecule has 1 saturated heterocycles. The molecule has 0 bridgehead atoms. The number of carbonyl (C=O) groups excluding carboxylic acids is 3. The van der Waals surface area contributed by atoms with Crippen LogP contribution < -0.4 is 16.0 Å². The molecule has 172 valence electrons. The number of hydrogen-bond donors (Lipinski definition) is 4. The van der Waals surface area contributed by atoms with Gasteiger partial charge in [-0.3, -0.25) is 14.4 Å². The van der Waals surface area contributed by atoms with E-state index in [1.807, 2.05) is 36.4 Å². The molecule has 9 nitrogen and oxygen atoms in total. The number of ether oxygens (including phenoxy) is 1. The highest BCUT2D eigenvalue weighted by Gasteiger charge is 2.40. The van der Waals surface area contributed by atoms with E-state index in [2.05, 4.69) is 28.1 Å². The quantitative estimate of drug-likeness (QED) is 0.506. The van der Waals surface area contributed by atoms with Crippen LogP contribution in [0.1, 0.15) is 30.4 Å². The summed E-state index contributed by atoms with van der Waals surface area (Å²) in [7, 11) is 0. The molecule has 1 aliphatic heterocycles. The van der Waals surface area contributed by atoms with Crippen LogP contribution >= 0.6 is 0 Å². The van der Waals surface area contributed by atoms with E-state index in [0.717, 1.165) is 22.3 Å². The first-order valence-corrected chi connectivity index (χ1v) is 10.8. The molecule has 0 spiro atoms. The Bertz CT molecular complexity index is 1060. The van der Waals surface area contributed by atoms with Gasteiger partial charge in [0.2, 0.25) is 11.8 Å². The van der Waals surface area contributed by atoms with Gasteiger partial charge < -0.3 is 25.8 Å². The number of hydrogen-bond acceptors (Lipinski definition) is 5. The SMILES string of the molecule is CC(CC(=O)NC1C(=O)NCC1C(=O)O)NC(=O)OCC1c2ccccc2-c2ccccc21. The highest BCUT2D eigenvalue weighted by Crippen LogP contribution is 2.44. The first kappa shape index (κ1) is 22.3. The highest BCUT2D eigenvalue weighted by molar-refractivity contribution is 5.94. The Kier molecular flexibility index (Phi) is 6.30.